The van der Waals surface area contributed by atoms with Crippen molar-refractivity contribution in [3.05, 3.63) is 16.1 Å². The Morgan fingerprint density at radius 2 is 2.33 bits per heavy atom. The van der Waals surface area contributed by atoms with Crippen molar-refractivity contribution in [2.45, 2.75) is 0 Å². The minimum Gasteiger partial charge on any atom is -0.409 e. The molecule has 0 aliphatic rings. The molecule has 7 heteroatoms. The van der Waals surface area contributed by atoms with Crippen LogP contribution in [0.5, 0.6) is 0 Å². The first-order chi connectivity index (χ1) is 5.65. The second-order valence-electron chi connectivity index (χ2n) is 1.89. The number of amides is 1. The molecule has 6 nitrogen and oxygen atoms in total. The maximum atomic E-state index is 10.6. The SMILES string of the molecule is NC(=O)c1nc(C(N)=NO)cs1. The number of carbonyl (C=O) groups excluding carboxylic acids is 1. The summed E-state index contributed by atoms with van der Waals surface area (Å²) in [6, 6.07) is 0. The van der Waals surface area contributed by atoms with E-state index in [1.54, 1.807) is 0 Å². The molecule has 0 spiro atoms. The normalized spacial score (nSPS) is 11.5. The van der Waals surface area contributed by atoms with Crippen molar-refractivity contribution >= 4 is 23.1 Å². The van der Waals surface area contributed by atoms with E-state index in [0.717, 1.165) is 11.3 Å². The van der Waals surface area contributed by atoms with E-state index >= 15 is 0 Å². The summed E-state index contributed by atoms with van der Waals surface area (Å²) in [5.74, 6) is -0.768. The lowest BCUT2D eigenvalue weighted by Crippen LogP contribution is -2.15. The highest BCUT2D eigenvalue weighted by atomic mass is 32.1. The standard InChI is InChI=1S/C5H6N4O2S/c6-3(9-11)2-1-12-5(8-2)4(7)10/h1,11H,(H2,6,9)(H2,7,10). The van der Waals surface area contributed by atoms with Crippen molar-refractivity contribution in [1.29, 1.82) is 0 Å². The number of nitrogens with two attached hydrogens (primary N) is 2. The molecule has 0 atom stereocenters. The molecular weight excluding hydrogens is 180 g/mol. The summed E-state index contributed by atoms with van der Waals surface area (Å²) >= 11 is 1.04. The number of hydrogen-bond donors (Lipinski definition) is 3. The smallest absolute Gasteiger partial charge is 0.277 e. The molecule has 0 aliphatic heterocycles. The number of carbonyl (C=O) groups is 1. The maximum Gasteiger partial charge on any atom is 0.277 e. The predicted molar refractivity (Wildman–Crippen MR) is 43.1 cm³/mol. The van der Waals surface area contributed by atoms with E-state index in [1.165, 1.54) is 5.38 Å². The largest absolute Gasteiger partial charge is 0.409 e. The number of nitrogens with zero attached hydrogens (tertiary/aromatic N) is 2. The van der Waals surface area contributed by atoms with Crippen molar-refractivity contribution in [3.8, 4) is 0 Å². The van der Waals surface area contributed by atoms with E-state index in [4.69, 9.17) is 16.7 Å². The zero-order valence-corrected chi connectivity index (χ0v) is 6.71. The lowest BCUT2D eigenvalue weighted by atomic mass is 10.4. The van der Waals surface area contributed by atoms with E-state index in [9.17, 15) is 4.79 Å². The Bertz CT molecular complexity index is 332. The summed E-state index contributed by atoms with van der Waals surface area (Å²) in [6.45, 7) is 0. The van der Waals surface area contributed by atoms with Gasteiger partial charge in [0.1, 0.15) is 5.69 Å². The van der Waals surface area contributed by atoms with Gasteiger partial charge in [-0.05, 0) is 0 Å². The first kappa shape index (κ1) is 8.47. The topological polar surface area (TPSA) is 115 Å². The van der Waals surface area contributed by atoms with Gasteiger partial charge in [-0.3, -0.25) is 4.79 Å². The molecular formula is C5H6N4O2S. The van der Waals surface area contributed by atoms with Crippen LogP contribution >= 0.6 is 11.3 Å². The fourth-order valence-electron chi connectivity index (χ4n) is 0.556. The molecule has 0 aromatic carbocycles. The van der Waals surface area contributed by atoms with Gasteiger partial charge in [0.25, 0.3) is 5.91 Å². The molecule has 1 amide bonds. The van der Waals surface area contributed by atoms with Crippen LogP contribution in [-0.2, 0) is 0 Å². The number of primary amides is 1. The van der Waals surface area contributed by atoms with Gasteiger partial charge in [-0.1, -0.05) is 5.16 Å². The molecule has 0 fully saturated rings. The second-order valence-corrected chi connectivity index (χ2v) is 2.75. The molecule has 5 N–H and O–H groups in total. The molecule has 0 saturated heterocycles. The van der Waals surface area contributed by atoms with Gasteiger partial charge in [-0.2, -0.15) is 0 Å². The Morgan fingerprint density at radius 1 is 1.67 bits per heavy atom. The number of hydrogen-bond acceptors (Lipinski definition) is 5. The van der Waals surface area contributed by atoms with Crippen LogP contribution in [0.4, 0.5) is 0 Å². The minimum atomic E-state index is -0.628. The average molecular weight is 186 g/mol. The molecule has 0 bridgehead atoms. The van der Waals surface area contributed by atoms with Crippen LogP contribution in [-0.4, -0.2) is 21.9 Å². The number of oxime groups is 1. The average Bonchev–Trinajstić information content (AvgIpc) is 2.51. The van der Waals surface area contributed by atoms with Crippen molar-refractivity contribution < 1.29 is 10.0 Å². The molecule has 1 aromatic rings. The van der Waals surface area contributed by atoms with Crippen molar-refractivity contribution in [2.24, 2.45) is 16.6 Å². The van der Waals surface area contributed by atoms with Crippen LogP contribution in [0.25, 0.3) is 0 Å². The van der Waals surface area contributed by atoms with Crippen LogP contribution in [0.3, 0.4) is 0 Å². The number of rotatable bonds is 2. The molecule has 1 rings (SSSR count). The Kier molecular flexibility index (Phi) is 2.24. The van der Waals surface area contributed by atoms with Crippen LogP contribution in [0, 0.1) is 0 Å². The Morgan fingerprint density at radius 3 is 2.75 bits per heavy atom. The summed E-state index contributed by atoms with van der Waals surface area (Å²) < 4.78 is 0. The lowest BCUT2D eigenvalue weighted by molar-refractivity contribution is 0.1000. The molecule has 0 aliphatic carbocycles. The first-order valence-electron chi connectivity index (χ1n) is 2.88. The van der Waals surface area contributed by atoms with E-state index in [1.807, 2.05) is 0 Å². The van der Waals surface area contributed by atoms with Crippen molar-refractivity contribution in [1.82, 2.24) is 4.98 Å². The Labute approximate surface area is 71.5 Å². The van der Waals surface area contributed by atoms with Crippen molar-refractivity contribution in [3.63, 3.8) is 0 Å². The lowest BCUT2D eigenvalue weighted by Gasteiger charge is -1.88. The highest BCUT2D eigenvalue weighted by molar-refractivity contribution is 7.11. The molecule has 0 saturated carbocycles. The molecule has 1 heterocycles. The van der Waals surface area contributed by atoms with Gasteiger partial charge in [0.15, 0.2) is 10.8 Å². The third-order valence-electron chi connectivity index (χ3n) is 1.09. The summed E-state index contributed by atoms with van der Waals surface area (Å²) in [6.07, 6.45) is 0. The van der Waals surface area contributed by atoms with Crippen LogP contribution < -0.4 is 11.5 Å². The first-order valence-corrected chi connectivity index (χ1v) is 3.76. The Balaban J connectivity index is 2.99. The molecule has 1 aromatic heterocycles. The monoisotopic (exact) mass is 186 g/mol. The van der Waals surface area contributed by atoms with Gasteiger partial charge in [0, 0.05) is 5.38 Å². The van der Waals surface area contributed by atoms with E-state index < -0.39 is 5.91 Å². The molecule has 0 radical (unpaired) electrons. The summed E-state index contributed by atoms with van der Waals surface area (Å²) in [7, 11) is 0. The minimum absolute atomic E-state index is 0.136. The van der Waals surface area contributed by atoms with E-state index in [2.05, 4.69) is 10.1 Å². The third kappa shape index (κ3) is 1.51. The highest BCUT2D eigenvalue weighted by Gasteiger charge is 2.09. The quantitative estimate of drug-likeness (QED) is 0.246. The zero-order valence-electron chi connectivity index (χ0n) is 5.89. The van der Waals surface area contributed by atoms with Gasteiger partial charge in [-0.25, -0.2) is 4.98 Å². The number of aromatic nitrogens is 1. The summed E-state index contributed by atoms with van der Waals surface area (Å²) in [4.78, 5) is 14.3. The van der Waals surface area contributed by atoms with Gasteiger partial charge >= 0.3 is 0 Å². The molecule has 0 unspecified atom stereocenters. The maximum absolute atomic E-state index is 10.6. The number of amidine groups is 1. The van der Waals surface area contributed by atoms with Crippen LogP contribution in [0.2, 0.25) is 0 Å². The third-order valence-corrected chi connectivity index (χ3v) is 1.94. The van der Waals surface area contributed by atoms with Gasteiger partial charge in [0.05, 0.1) is 0 Å². The highest BCUT2D eigenvalue weighted by Crippen LogP contribution is 2.08. The van der Waals surface area contributed by atoms with Gasteiger partial charge < -0.3 is 16.7 Å². The Hall–Kier alpha value is -1.63. The summed E-state index contributed by atoms with van der Waals surface area (Å²) in [5, 5.41) is 12.6. The summed E-state index contributed by atoms with van der Waals surface area (Å²) in [5.41, 5.74) is 10.4. The van der Waals surface area contributed by atoms with Crippen LogP contribution in [0.1, 0.15) is 15.5 Å². The number of thiazole rings is 1. The fourth-order valence-corrected chi connectivity index (χ4v) is 1.22. The van der Waals surface area contributed by atoms with Gasteiger partial charge in [-0.15, -0.1) is 11.3 Å². The van der Waals surface area contributed by atoms with E-state index in [0.29, 0.717) is 0 Å². The predicted octanol–water partition coefficient (Wildman–Crippen LogP) is -0.663. The molecule has 12 heavy (non-hydrogen) atoms. The fraction of sp³-hybridized carbons (Fsp3) is 0. The van der Waals surface area contributed by atoms with Gasteiger partial charge in [0.2, 0.25) is 0 Å². The molecule has 64 valence electrons. The van der Waals surface area contributed by atoms with E-state index in [-0.39, 0.29) is 16.5 Å². The van der Waals surface area contributed by atoms with Crippen LogP contribution in [0.15, 0.2) is 10.5 Å². The van der Waals surface area contributed by atoms with Crippen molar-refractivity contribution in [2.75, 3.05) is 0 Å². The second kappa shape index (κ2) is 3.18. The zero-order chi connectivity index (χ0) is 9.14.